The highest BCUT2D eigenvalue weighted by Crippen LogP contribution is 2.19. The van der Waals surface area contributed by atoms with Crippen LogP contribution in [0.2, 0.25) is 0 Å². The van der Waals surface area contributed by atoms with Crippen LogP contribution in [-0.4, -0.2) is 26.0 Å². The lowest BCUT2D eigenvalue weighted by atomic mass is 10.0. The fourth-order valence-electron chi connectivity index (χ4n) is 2.09. The molecule has 0 aliphatic heterocycles. The van der Waals surface area contributed by atoms with E-state index < -0.39 is 0 Å². The molecule has 5 nitrogen and oxygen atoms in total. The van der Waals surface area contributed by atoms with E-state index in [1.165, 1.54) is 10.4 Å². The average molecular weight is 312 g/mol. The van der Waals surface area contributed by atoms with Gasteiger partial charge in [-0.25, -0.2) is 0 Å². The molecule has 112 valence electrons. The minimum absolute atomic E-state index is 0.0227. The molecule has 2 heterocycles. The molecule has 0 spiro atoms. The summed E-state index contributed by atoms with van der Waals surface area (Å²) in [6.45, 7) is 4.35. The van der Waals surface area contributed by atoms with Crippen molar-refractivity contribution < 1.29 is 4.79 Å². The fraction of sp³-hybridized carbons (Fsp3) is 0.250. The number of Topliss-reactive ketones (excluding diaryl/α,β-unsaturated/α-hetero) is 1. The number of carbonyl (C=O) groups is 1. The second kappa shape index (κ2) is 6.19. The number of nitrogens with zero attached hydrogens (tertiary/aromatic N) is 4. The third kappa shape index (κ3) is 3.12. The van der Waals surface area contributed by atoms with E-state index in [1.807, 2.05) is 41.8 Å². The first-order valence-corrected chi connectivity index (χ1v) is 7.96. The van der Waals surface area contributed by atoms with E-state index in [-0.39, 0.29) is 12.3 Å². The van der Waals surface area contributed by atoms with E-state index >= 15 is 0 Å². The maximum absolute atomic E-state index is 12.3. The Morgan fingerprint density at radius 3 is 2.64 bits per heavy atom. The van der Waals surface area contributed by atoms with E-state index in [9.17, 15) is 4.79 Å². The van der Waals surface area contributed by atoms with E-state index in [0.29, 0.717) is 17.3 Å². The lowest BCUT2D eigenvalue weighted by Gasteiger charge is -2.06. The molecule has 0 bridgehead atoms. The Morgan fingerprint density at radius 2 is 2.00 bits per heavy atom. The van der Waals surface area contributed by atoms with Gasteiger partial charge < -0.3 is 0 Å². The Bertz CT molecular complexity index is 760. The Morgan fingerprint density at radius 1 is 1.23 bits per heavy atom. The van der Waals surface area contributed by atoms with Crippen LogP contribution in [0.15, 0.2) is 41.8 Å². The van der Waals surface area contributed by atoms with Crippen molar-refractivity contribution in [3.8, 4) is 10.7 Å². The van der Waals surface area contributed by atoms with Gasteiger partial charge in [-0.3, -0.25) is 4.79 Å². The van der Waals surface area contributed by atoms with Crippen LogP contribution < -0.4 is 0 Å². The number of thiophene rings is 1. The molecule has 22 heavy (non-hydrogen) atoms. The summed E-state index contributed by atoms with van der Waals surface area (Å²) in [4.78, 5) is 14.6. The molecule has 0 aliphatic rings. The number of ketones is 1. The smallest absolute Gasteiger partial charge is 0.214 e. The van der Waals surface area contributed by atoms with Crippen LogP contribution in [-0.2, 0) is 6.54 Å². The highest BCUT2D eigenvalue weighted by atomic mass is 32.1. The number of hydrogen-bond donors (Lipinski definition) is 0. The van der Waals surface area contributed by atoms with Crippen LogP contribution >= 0.6 is 11.3 Å². The van der Waals surface area contributed by atoms with Gasteiger partial charge in [0.05, 0.1) is 4.88 Å². The molecule has 6 heteroatoms. The van der Waals surface area contributed by atoms with Gasteiger partial charge in [0.1, 0.15) is 6.54 Å². The van der Waals surface area contributed by atoms with Crippen molar-refractivity contribution in [1.29, 1.82) is 0 Å². The zero-order valence-corrected chi connectivity index (χ0v) is 13.2. The van der Waals surface area contributed by atoms with Crippen molar-refractivity contribution in [2.24, 2.45) is 0 Å². The zero-order valence-electron chi connectivity index (χ0n) is 12.4. The lowest BCUT2D eigenvalue weighted by Crippen LogP contribution is -2.13. The first kappa shape index (κ1) is 14.6. The molecule has 3 rings (SSSR count). The second-order valence-electron chi connectivity index (χ2n) is 5.32. The molecule has 1 aromatic carbocycles. The van der Waals surface area contributed by atoms with Crippen molar-refractivity contribution in [3.63, 3.8) is 0 Å². The highest BCUT2D eigenvalue weighted by Gasteiger charge is 2.12. The van der Waals surface area contributed by atoms with Crippen molar-refractivity contribution in [3.05, 3.63) is 52.9 Å². The molecule has 2 aromatic heterocycles. The summed E-state index contributed by atoms with van der Waals surface area (Å²) in [5.41, 5.74) is 1.88. The summed E-state index contributed by atoms with van der Waals surface area (Å²) < 4.78 is 0. The summed E-state index contributed by atoms with van der Waals surface area (Å²) in [6, 6.07) is 11.6. The van der Waals surface area contributed by atoms with Crippen LogP contribution in [0.3, 0.4) is 0 Å². The third-order valence-electron chi connectivity index (χ3n) is 3.38. The van der Waals surface area contributed by atoms with Gasteiger partial charge in [-0.2, -0.15) is 4.80 Å². The quantitative estimate of drug-likeness (QED) is 0.677. The molecule has 0 saturated heterocycles. The topological polar surface area (TPSA) is 60.7 Å². The normalized spacial score (nSPS) is 11.0. The Balaban J connectivity index is 1.71. The molecular formula is C16H16N4OS. The van der Waals surface area contributed by atoms with Gasteiger partial charge in [0.25, 0.3) is 0 Å². The van der Waals surface area contributed by atoms with Crippen molar-refractivity contribution in [1.82, 2.24) is 20.2 Å². The van der Waals surface area contributed by atoms with Crippen molar-refractivity contribution in [2.45, 2.75) is 26.3 Å². The van der Waals surface area contributed by atoms with Crippen LogP contribution in [0, 0.1) is 0 Å². The van der Waals surface area contributed by atoms with Gasteiger partial charge in [-0.05, 0) is 28.1 Å². The number of hydrogen-bond acceptors (Lipinski definition) is 5. The molecule has 0 saturated carbocycles. The summed E-state index contributed by atoms with van der Waals surface area (Å²) >= 11 is 1.55. The van der Waals surface area contributed by atoms with Crippen LogP contribution in [0.1, 0.15) is 35.7 Å². The summed E-state index contributed by atoms with van der Waals surface area (Å²) in [5.74, 6) is 0.984. The number of rotatable bonds is 5. The summed E-state index contributed by atoms with van der Waals surface area (Å²) in [6.07, 6.45) is 0. The predicted octanol–water partition coefficient (Wildman–Crippen LogP) is 3.41. The predicted molar refractivity (Wildman–Crippen MR) is 86.0 cm³/mol. The average Bonchev–Trinajstić information content (AvgIpc) is 3.18. The molecule has 0 fully saturated rings. The van der Waals surface area contributed by atoms with Gasteiger partial charge >= 0.3 is 0 Å². The lowest BCUT2D eigenvalue weighted by molar-refractivity contribution is 0.0961. The maximum Gasteiger partial charge on any atom is 0.214 e. The third-order valence-corrected chi connectivity index (χ3v) is 4.24. The standard InChI is InChI=1S/C16H16N4OS/c1-11(2)12-5-7-13(8-6-12)14(21)10-20-18-16(17-19-20)15-4-3-9-22-15/h3-9,11H,10H2,1-2H3. The van der Waals surface area contributed by atoms with E-state index in [4.69, 9.17) is 0 Å². The van der Waals surface area contributed by atoms with Gasteiger partial charge in [-0.1, -0.05) is 44.2 Å². The molecule has 3 aromatic rings. The second-order valence-corrected chi connectivity index (χ2v) is 6.27. The molecule has 0 radical (unpaired) electrons. The first-order chi connectivity index (χ1) is 10.6. The fourth-order valence-corrected chi connectivity index (χ4v) is 2.74. The van der Waals surface area contributed by atoms with Crippen molar-refractivity contribution in [2.75, 3.05) is 0 Å². The summed E-state index contributed by atoms with van der Waals surface area (Å²) in [7, 11) is 0. The highest BCUT2D eigenvalue weighted by molar-refractivity contribution is 7.13. The largest absolute Gasteiger partial charge is 0.292 e. The molecule has 0 amide bonds. The van der Waals surface area contributed by atoms with Gasteiger partial charge in [0.2, 0.25) is 5.82 Å². The Hall–Kier alpha value is -2.34. The zero-order chi connectivity index (χ0) is 15.5. The molecule has 0 aliphatic carbocycles. The van der Waals surface area contributed by atoms with E-state index in [0.717, 1.165) is 4.88 Å². The number of carbonyl (C=O) groups excluding carboxylic acids is 1. The van der Waals surface area contributed by atoms with Crippen LogP contribution in [0.4, 0.5) is 0 Å². The monoisotopic (exact) mass is 312 g/mol. The van der Waals surface area contributed by atoms with Crippen molar-refractivity contribution >= 4 is 17.1 Å². The van der Waals surface area contributed by atoms with Gasteiger partial charge in [0.15, 0.2) is 5.78 Å². The molecule has 0 atom stereocenters. The Labute approximate surface area is 132 Å². The SMILES string of the molecule is CC(C)c1ccc(C(=O)Cn2nnc(-c3cccs3)n2)cc1. The van der Waals surface area contributed by atoms with E-state index in [1.54, 1.807) is 11.3 Å². The van der Waals surface area contributed by atoms with E-state index in [2.05, 4.69) is 29.3 Å². The van der Waals surface area contributed by atoms with Gasteiger partial charge in [0, 0.05) is 5.56 Å². The van der Waals surface area contributed by atoms with Crippen LogP contribution in [0.5, 0.6) is 0 Å². The summed E-state index contributed by atoms with van der Waals surface area (Å²) in [5, 5.41) is 14.1. The van der Waals surface area contributed by atoms with Gasteiger partial charge in [-0.15, -0.1) is 21.5 Å². The van der Waals surface area contributed by atoms with Crippen LogP contribution in [0.25, 0.3) is 10.7 Å². The minimum Gasteiger partial charge on any atom is -0.292 e. The number of aromatic nitrogens is 4. The number of tetrazole rings is 1. The minimum atomic E-state index is -0.0227. The first-order valence-electron chi connectivity index (χ1n) is 7.08. The molecular weight excluding hydrogens is 296 g/mol. The maximum atomic E-state index is 12.3. The Kier molecular flexibility index (Phi) is 4.11. The molecule has 0 unspecified atom stereocenters. The number of benzene rings is 1. The molecule has 0 N–H and O–H groups in total.